The van der Waals surface area contributed by atoms with Crippen molar-refractivity contribution in [2.24, 2.45) is 0 Å². The molecule has 3 atom stereocenters. The first-order valence-electron chi connectivity index (χ1n) is 6.05. The fraction of sp³-hybridized carbons (Fsp3) is 0.500. The summed E-state index contributed by atoms with van der Waals surface area (Å²) in [5, 5.41) is 18.7. The molecule has 1 aromatic rings. The van der Waals surface area contributed by atoms with E-state index in [1.165, 1.54) is 16.3 Å². The van der Waals surface area contributed by atoms with Crippen LogP contribution in [0.4, 0.5) is 0 Å². The molecule has 2 rings (SSSR count). The van der Waals surface area contributed by atoms with Gasteiger partial charge in [-0.15, -0.1) is 0 Å². The number of nitrogens with one attached hydrogen (secondary N) is 1. The molecule has 2 heterocycles. The van der Waals surface area contributed by atoms with Gasteiger partial charge in [0.2, 0.25) is 0 Å². The summed E-state index contributed by atoms with van der Waals surface area (Å²) in [5.41, 5.74) is 0.791. The first-order chi connectivity index (χ1) is 9.47. The van der Waals surface area contributed by atoms with E-state index in [-0.39, 0.29) is 18.6 Å². The molecule has 0 amide bonds. The molecule has 1 aliphatic rings. The quantitative estimate of drug-likeness (QED) is 0.716. The number of aliphatic hydroxyl groups is 2. The molecule has 1 aromatic heterocycles. The topological polar surface area (TPSA) is 105 Å². The van der Waals surface area contributed by atoms with Gasteiger partial charge < -0.3 is 14.9 Å². The van der Waals surface area contributed by atoms with Crippen LogP contribution in [0.15, 0.2) is 21.3 Å². The number of nitrogens with zero attached hydrogens (tertiary/aromatic N) is 1. The van der Waals surface area contributed by atoms with Crippen LogP contribution in [0.2, 0.25) is 0 Å². The highest BCUT2D eigenvalue weighted by Crippen LogP contribution is 2.27. The van der Waals surface area contributed by atoms with Crippen LogP contribution in [0, 0.1) is 0 Å². The molecule has 1 saturated heterocycles. The van der Waals surface area contributed by atoms with Gasteiger partial charge in [-0.25, -0.2) is 4.79 Å². The molecule has 110 valence electrons. The lowest BCUT2D eigenvalue weighted by molar-refractivity contribution is -0.0459. The Morgan fingerprint density at radius 1 is 1.65 bits per heavy atom. The highest BCUT2D eigenvalue weighted by Gasteiger charge is 2.35. The number of allylic oxidation sites excluding steroid dienone is 1. The van der Waals surface area contributed by atoms with Crippen molar-refractivity contribution in [2.75, 3.05) is 6.61 Å². The van der Waals surface area contributed by atoms with Gasteiger partial charge in [0.05, 0.1) is 18.3 Å². The molecule has 0 spiro atoms. The third-order valence-corrected chi connectivity index (χ3v) is 3.58. The lowest BCUT2D eigenvalue weighted by atomic mass is 10.1. The molecule has 0 aliphatic carbocycles. The van der Waals surface area contributed by atoms with Gasteiger partial charge in [-0.3, -0.25) is 14.3 Å². The summed E-state index contributed by atoms with van der Waals surface area (Å²) in [7, 11) is 0. The van der Waals surface area contributed by atoms with Crippen LogP contribution in [0.5, 0.6) is 0 Å². The zero-order valence-corrected chi connectivity index (χ0v) is 11.5. The second-order valence-corrected chi connectivity index (χ2v) is 4.83. The van der Waals surface area contributed by atoms with Crippen LogP contribution in [0.25, 0.3) is 5.57 Å². The molecule has 8 heteroatoms. The Bertz CT molecular complexity index is 635. The van der Waals surface area contributed by atoms with E-state index in [1.807, 2.05) is 0 Å². The van der Waals surface area contributed by atoms with Gasteiger partial charge in [-0.1, -0.05) is 11.6 Å². The lowest BCUT2D eigenvalue weighted by Crippen LogP contribution is -2.34. The number of halogens is 1. The summed E-state index contributed by atoms with van der Waals surface area (Å²) in [6.07, 6.45) is -0.857. The molecule has 7 nitrogen and oxygen atoms in total. The van der Waals surface area contributed by atoms with Crippen molar-refractivity contribution >= 4 is 17.2 Å². The average molecular weight is 303 g/mol. The molecule has 1 fully saturated rings. The summed E-state index contributed by atoms with van der Waals surface area (Å²) in [6, 6.07) is 0. The minimum atomic E-state index is -0.864. The van der Waals surface area contributed by atoms with E-state index in [0.29, 0.717) is 5.57 Å². The predicted octanol–water partition coefficient (Wildman–Crippen LogP) is -0.223. The number of rotatable bonds is 3. The second-order valence-electron chi connectivity index (χ2n) is 4.62. The highest BCUT2D eigenvalue weighted by atomic mass is 35.5. The number of aromatic amines is 1. The van der Waals surface area contributed by atoms with Crippen LogP contribution in [-0.2, 0) is 4.74 Å². The highest BCUT2D eigenvalue weighted by molar-refractivity contribution is 6.28. The Morgan fingerprint density at radius 2 is 2.35 bits per heavy atom. The largest absolute Gasteiger partial charge is 0.394 e. The number of hydrogen-bond donors (Lipinski definition) is 3. The van der Waals surface area contributed by atoms with Crippen molar-refractivity contribution in [3.8, 4) is 0 Å². The van der Waals surface area contributed by atoms with Crippen LogP contribution < -0.4 is 11.2 Å². The molecule has 1 aliphatic heterocycles. The van der Waals surface area contributed by atoms with Crippen molar-refractivity contribution in [3.63, 3.8) is 0 Å². The summed E-state index contributed by atoms with van der Waals surface area (Å²) in [5.74, 6) is 0. The molecular weight excluding hydrogens is 288 g/mol. The van der Waals surface area contributed by atoms with Gasteiger partial charge in [0.1, 0.15) is 12.3 Å². The smallest absolute Gasteiger partial charge is 0.330 e. The van der Waals surface area contributed by atoms with Crippen LogP contribution in [0.3, 0.4) is 0 Å². The summed E-state index contributed by atoms with van der Waals surface area (Å²) in [6.45, 7) is 1.29. The Balaban J connectivity index is 2.43. The maximum absolute atomic E-state index is 11.8. The standard InChI is InChI=1S/C12H15ClN2O5/c1-6(3-13)7-4-15(12(19)14-11(7)18)10-2-8(17)9(5-16)20-10/h3-4,8-10,16-17H,2,5H2,1H3,(H,14,18,19)/b6-3+/t8-,9+,10+/m0/s1. The van der Waals surface area contributed by atoms with Crippen LogP contribution >= 0.6 is 11.6 Å². The molecule has 0 bridgehead atoms. The van der Waals surface area contributed by atoms with Gasteiger partial charge in [0.15, 0.2) is 0 Å². The zero-order chi connectivity index (χ0) is 14.9. The first-order valence-corrected chi connectivity index (χ1v) is 6.48. The minimum Gasteiger partial charge on any atom is -0.394 e. The number of ether oxygens (including phenoxy) is 1. The molecule has 20 heavy (non-hydrogen) atoms. The van der Waals surface area contributed by atoms with E-state index in [2.05, 4.69) is 4.98 Å². The van der Waals surface area contributed by atoms with E-state index in [4.69, 9.17) is 21.4 Å². The van der Waals surface area contributed by atoms with Gasteiger partial charge >= 0.3 is 5.69 Å². The monoisotopic (exact) mass is 302 g/mol. The van der Waals surface area contributed by atoms with Crippen LogP contribution in [-0.4, -0.2) is 38.6 Å². The molecule has 0 radical (unpaired) electrons. The summed E-state index contributed by atoms with van der Waals surface area (Å²) in [4.78, 5) is 25.7. The molecule has 0 saturated carbocycles. The van der Waals surface area contributed by atoms with E-state index in [1.54, 1.807) is 6.92 Å². The number of aromatic nitrogens is 2. The first kappa shape index (κ1) is 15.0. The Kier molecular flexibility index (Phi) is 4.44. The fourth-order valence-corrected chi connectivity index (χ4v) is 2.21. The normalized spacial score (nSPS) is 27.0. The van der Waals surface area contributed by atoms with E-state index in [0.717, 1.165) is 0 Å². The maximum atomic E-state index is 11.8. The Labute approximate surface area is 119 Å². The number of hydrogen-bond acceptors (Lipinski definition) is 5. The molecular formula is C12H15ClN2O5. The SMILES string of the molecule is C/C(=C\Cl)c1cn([C@H]2C[C@H](O)[C@@H](CO)O2)c(=O)[nH]c1=O. The lowest BCUT2D eigenvalue weighted by Gasteiger charge is -2.15. The average Bonchev–Trinajstić information content (AvgIpc) is 2.79. The van der Waals surface area contributed by atoms with Crippen molar-refractivity contribution in [1.29, 1.82) is 0 Å². The van der Waals surface area contributed by atoms with Crippen molar-refractivity contribution in [2.45, 2.75) is 31.8 Å². The van der Waals surface area contributed by atoms with Gasteiger partial charge in [0.25, 0.3) is 5.56 Å². The van der Waals surface area contributed by atoms with Gasteiger partial charge in [-0.05, 0) is 12.5 Å². The molecule has 0 unspecified atom stereocenters. The summed E-state index contributed by atoms with van der Waals surface area (Å²) >= 11 is 5.57. The van der Waals surface area contributed by atoms with E-state index < -0.39 is 29.7 Å². The van der Waals surface area contributed by atoms with E-state index >= 15 is 0 Å². The van der Waals surface area contributed by atoms with Gasteiger partial charge in [0, 0.05) is 18.2 Å². The van der Waals surface area contributed by atoms with Gasteiger partial charge in [-0.2, -0.15) is 0 Å². The van der Waals surface area contributed by atoms with E-state index in [9.17, 15) is 14.7 Å². The minimum absolute atomic E-state index is 0.153. The zero-order valence-electron chi connectivity index (χ0n) is 10.7. The summed E-state index contributed by atoms with van der Waals surface area (Å²) < 4.78 is 6.57. The molecule has 0 aromatic carbocycles. The van der Waals surface area contributed by atoms with Crippen molar-refractivity contribution in [3.05, 3.63) is 38.1 Å². The fourth-order valence-electron chi connectivity index (χ4n) is 2.09. The maximum Gasteiger partial charge on any atom is 0.330 e. The Morgan fingerprint density at radius 3 is 2.90 bits per heavy atom. The third kappa shape index (κ3) is 2.71. The molecule has 3 N–H and O–H groups in total. The second kappa shape index (κ2) is 5.92. The Hall–Kier alpha value is -1.41. The van der Waals surface area contributed by atoms with Crippen molar-refractivity contribution in [1.82, 2.24) is 9.55 Å². The predicted molar refractivity (Wildman–Crippen MR) is 72.4 cm³/mol. The van der Waals surface area contributed by atoms with Crippen LogP contribution in [0.1, 0.15) is 25.1 Å². The third-order valence-electron chi connectivity index (χ3n) is 3.25. The number of H-pyrrole nitrogens is 1. The van der Waals surface area contributed by atoms with Crippen molar-refractivity contribution < 1.29 is 14.9 Å². The number of aliphatic hydroxyl groups excluding tert-OH is 2.